The molecule has 0 amide bonds. The standard InChI is InChI=1S/C12H10BrN4S/c13-17-7-6-14-8-11(17)15-12(16-17)18-9-10-4-2-1-3-5-10/h1-8H,9H2/q+1. The largest absolute Gasteiger partial charge is 0.291 e. The lowest BCUT2D eigenvalue weighted by molar-refractivity contribution is -0.619. The van der Waals surface area contributed by atoms with Crippen molar-refractivity contribution >= 4 is 45.1 Å². The Kier molecular flexibility index (Phi) is 3.15. The first kappa shape index (κ1) is 11.8. The number of benzene rings is 1. The van der Waals surface area contributed by atoms with E-state index >= 15 is 0 Å². The molecule has 1 unspecified atom stereocenters. The van der Waals surface area contributed by atoms with Gasteiger partial charge in [-0.25, -0.2) is 0 Å². The van der Waals surface area contributed by atoms with E-state index in [2.05, 4.69) is 43.4 Å². The summed E-state index contributed by atoms with van der Waals surface area (Å²) in [5.74, 6) is 1.65. The quantitative estimate of drug-likeness (QED) is 0.770. The fraction of sp³-hybridized carbons (Fsp3) is 0.0833. The van der Waals surface area contributed by atoms with Crippen molar-refractivity contribution in [3.05, 3.63) is 48.3 Å². The Morgan fingerprint density at radius 1 is 1.22 bits per heavy atom. The van der Waals surface area contributed by atoms with E-state index in [0.29, 0.717) is 0 Å². The van der Waals surface area contributed by atoms with Crippen LogP contribution >= 0.6 is 27.9 Å². The molecular weight excluding hydrogens is 312 g/mol. The molecule has 90 valence electrons. The van der Waals surface area contributed by atoms with Crippen LogP contribution in [-0.4, -0.2) is 20.8 Å². The lowest BCUT2D eigenvalue weighted by Crippen LogP contribution is -2.32. The van der Waals surface area contributed by atoms with Crippen LogP contribution in [0.1, 0.15) is 5.56 Å². The molecule has 0 fully saturated rings. The van der Waals surface area contributed by atoms with Crippen molar-refractivity contribution in [1.82, 2.24) is 0 Å². The third-order valence-electron chi connectivity index (χ3n) is 2.51. The Bertz CT molecular complexity index is 579. The number of hydrogen-bond acceptors (Lipinski definition) is 4. The average molecular weight is 322 g/mol. The maximum atomic E-state index is 4.51. The fourth-order valence-electron chi connectivity index (χ4n) is 1.61. The zero-order valence-corrected chi connectivity index (χ0v) is 11.8. The van der Waals surface area contributed by atoms with Crippen molar-refractivity contribution < 1.29 is 3.62 Å². The highest BCUT2D eigenvalue weighted by atomic mass is 79.9. The summed E-state index contributed by atoms with van der Waals surface area (Å²) in [7, 11) is 0. The van der Waals surface area contributed by atoms with Crippen LogP contribution in [0.4, 0.5) is 0 Å². The van der Waals surface area contributed by atoms with Crippen LogP contribution in [0.2, 0.25) is 0 Å². The van der Waals surface area contributed by atoms with Gasteiger partial charge >= 0.3 is 0 Å². The van der Waals surface area contributed by atoms with Crippen LogP contribution in [0.25, 0.3) is 0 Å². The van der Waals surface area contributed by atoms with E-state index < -0.39 is 0 Å². The van der Waals surface area contributed by atoms with E-state index in [-0.39, 0.29) is 3.62 Å². The van der Waals surface area contributed by atoms with E-state index in [0.717, 1.165) is 16.8 Å². The number of nitrogens with zero attached hydrogens (tertiary/aromatic N) is 4. The second kappa shape index (κ2) is 4.79. The van der Waals surface area contributed by atoms with E-state index in [9.17, 15) is 0 Å². The predicted octanol–water partition coefficient (Wildman–Crippen LogP) is 3.29. The van der Waals surface area contributed by atoms with Crippen molar-refractivity contribution in [2.45, 2.75) is 5.75 Å². The molecule has 1 aromatic carbocycles. The SMILES string of the molecule is Br[N+]12C=CN=CC1=NC(SCc1ccccc1)=N2. The van der Waals surface area contributed by atoms with Crippen LogP contribution in [0.5, 0.6) is 0 Å². The molecule has 1 aromatic rings. The van der Waals surface area contributed by atoms with Gasteiger partial charge in [0.15, 0.2) is 6.20 Å². The van der Waals surface area contributed by atoms with Crippen molar-refractivity contribution in [3.8, 4) is 0 Å². The zero-order chi connectivity index (χ0) is 12.4. The molecule has 6 heteroatoms. The molecular formula is C12H10BrN4S+. The molecule has 4 nitrogen and oxygen atoms in total. The average Bonchev–Trinajstić information content (AvgIpc) is 2.74. The normalized spacial score (nSPS) is 24.7. The minimum atomic E-state index is 0.188. The molecule has 2 heterocycles. The van der Waals surface area contributed by atoms with Crippen molar-refractivity contribution in [1.29, 1.82) is 0 Å². The molecule has 3 rings (SSSR count). The number of quaternary nitrogens is 1. The number of halogens is 1. The van der Waals surface area contributed by atoms with Gasteiger partial charge < -0.3 is 0 Å². The summed E-state index contributed by atoms with van der Waals surface area (Å²) in [5.41, 5.74) is 1.26. The van der Waals surface area contributed by atoms with Crippen LogP contribution in [0.3, 0.4) is 0 Å². The number of fused-ring (bicyclic) bond motifs is 1. The van der Waals surface area contributed by atoms with Gasteiger partial charge in [0.05, 0.1) is 6.20 Å². The number of aliphatic imine (C=N–C) groups is 2. The molecule has 0 radical (unpaired) electrons. The van der Waals surface area contributed by atoms with Gasteiger partial charge in [0.1, 0.15) is 6.21 Å². The lowest BCUT2D eigenvalue weighted by atomic mass is 10.2. The maximum absolute atomic E-state index is 4.51. The fourth-order valence-corrected chi connectivity index (χ4v) is 2.97. The Balaban J connectivity index is 1.72. The Labute approximate surface area is 118 Å². The Morgan fingerprint density at radius 2 is 2.06 bits per heavy atom. The summed E-state index contributed by atoms with van der Waals surface area (Å²) in [4.78, 5) is 8.50. The van der Waals surface area contributed by atoms with E-state index in [1.54, 1.807) is 24.2 Å². The molecule has 2 aliphatic heterocycles. The number of rotatable bonds is 2. The van der Waals surface area contributed by atoms with Crippen LogP contribution < -0.4 is 0 Å². The highest BCUT2D eigenvalue weighted by molar-refractivity contribution is 9.05. The second-order valence-corrected chi connectivity index (χ2v) is 5.83. The van der Waals surface area contributed by atoms with Gasteiger partial charge in [-0.15, -0.1) is 0 Å². The smallest absolute Gasteiger partial charge is 0.251 e. The molecule has 0 spiro atoms. The Morgan fingerprint density at radius 3 is 2.83 bits per heavy atom. The maximum Gasteiger partial charge on any atom is 0.291 e. The van der Waals surface area contributed by atoms with Gasteiger partial charge in [-0.1, -0.05) is 45.7 Å². The molecule has 1 atom stereocenters. The van der Waals surface area contributed by atoms with E-state index in [1.165, 1.54) is 5.56 Å². The third kappa shape index (κ3) is 2.31. The third-order valence-corrected chi connectivity index (χ3v) is 4.18. The van der Waals surface area contributed by atoms with Gasteiger partial charge in [0, 0.05) is 5.75 Å². The first-order valence-electron chi connectivity index (χ1n) is 5.42. The number of amidine groups is 2. The summed E-state index contributed by atoms with van der Waals surface area (Å²) in [5, 5.41) is 5.28. The minimum Gasteiger partial charge on any atom is -0.251 e. The number of thioether (sulfide) groups is 1. The number of hydrogen-bond donors (Lipinski definition) is 0. The molecule has 0 saturated carbocycles. The molecule has 0 aliphatic carbocycles. The van der Waals surface area contributed by atoms with Gasteiger partial charge in [-0.2, -0.15) is 4.99 Å². The highest BCUT2D eigenvalue weighted by Gasteiger charge is 2.38. The van der Waals surface area contributed by atoms with Crippen molar-refractivity contribution in [3.63, 3.8) is 0 Å². The lowest BCUT2D eigenvalue weighted by Gasteiger charge is -2.13. The van der Waals surface area contributed by atoms with Gasteiger partial charge in [-0.3, -0.25) is 4.99 Å². The Hall–Kier alpha value is -1.24. The monoisotopic (exact) mass is 321 g/mol. The summed E-state index contributed by atoms with van der Waals surface area (Å²) in [6, 6.07) is 10.3. The summed E-state index contributed by atoms with van der Waals surface area (Å²) in [6.45, 7) is 0. The minimum absolute atomic E-state index is 0.188. The molecule has 0 N–H and O–H groups in total. The first-order valence-corrected chi connectivity index (χ1v) is 7.11. The zero-order valence-electron chi connectivity index (χ0n) is 9.40. The molecule has 18 heavy (non-hydrogen) atoms. The second-order valence-electron chi connectivity index (χ2n) is 3.81. The molecule has 2 aliphatic rings. The van der Waals surface area contributed by atoms with Gasteiger partial charge in [0.2, 0.25) is 5.17 Å². The van der Waals surface area contributed by atoms with Crippen LogP contribution in [0, 0.1) is 0 Å². The predicted molar refractivity (Wildman–Crippen MR) is 79.4 cm³/mol. The summed E-state index contributed by atoms with van der Waals surface area (Å²) < 4.78 is 0.188. The molecule has 0 bridgehead atoms. The van der Waals surface area contributed by atoms with Gasteiger partial charge in [0.25, 0.3) is 22.0 Å². The summed E-state index contributed by atoms with van der Waals surface area (Å²) in [6.07, 6.45) is 5.27. The first-order chi connectivity index (χ1) is 8.76. The van der Waals surface area contributed by atoms with Gasteiger partial charge in [-0.05, 0) is 10.7 Å². The van der Waals surface area contributed by atoms with E-state index in [4.69, 9.17) is 0 Å². The van der Waals surface area contributed by atoms with Crippen LogP contribution in [-0.2, 0) is 5.75 Å². The highest BCUT2D eigenvalue weighted by Crippen LogP contribution is 2.30. The molecule has 0 aromatic heterocycles. The van der Waals surface area contributed by atoms with E-state index in [1.807, 2.05) is 24.4 Å². The van der Waals surface area contributed by atoms with Crippen molar-refractivity contribution in [2.75, 3.05) is 0 Å². The van der Waals surface area contributed by atoms with Crippen molar-refractivity contribution in [2.24, 2.45) is 15.1 Å². The molecule has 0 saturated heterocycles. The van der Waals surface area contributed by atoms with Crippen LogP contribution in [0.15, 0.2) is 57.8 Å². The topological polar surface area (TPSA) is 37.1 Å². The summed E-state index contributed by atoms with van der Waals surface area (Å²) >= 11 is 5.14.